The molecule has 3 aromatic heterocycles. The Hall–Kier alpha value is -7.01. The number of aromatic nitrogens is 4. The second kappa shape index (κ2) is 14.7. The number of phenols is 1. The van der Waals surface area contributed by atoms with Crippen LogP contribution in [0, 0.1) is 0 Å². The topological polar surface area (TPSA) is 74.2 Å². The van der Waals surface area contributed by atoms with E-state index in [-0.39, 0.29) is 28.3 Å². The Labute approximate surface area is 335 Å². The third kappa shape index (κ3) is 6.26. The normalized spacial score (nSPS) is 12.3. The Kier molecular flexibility index (Phi) is 8.79. The number of aromatic hydroxyl groups is 1. The summed E-state index contributed by atoms with van der Waals surface area (Å²) >= 11 is 0. The molecule has 2 aliphatic rings. The molecule has 0 radical (unpaired) electrons. The van der Waals surface area contributed by atoms with E-state index in [1.54, 1.807) is 12.1 Å². The summed E-state index contributed by atoms with van der Waals surface area (Å²) in [4.78, 5) is 21.5. The second-order valence-electron chi connectivity index (χ2n) is 13.5. The van der Waals surface area contributed by atoms with Crippen LogP contribution in [0.3, 0.4) is 0 Å². The fraction of sp³-hybridized carbons (Fsp3) is 0. The Morgan fingerprint density at radius 1 is 0.393 bits per heavy atom. The van der Waals surface area contributed by atoms with Gasteiger partial charge in [-0.05, 0) is 80.4 Å². The summed E-state index contributed by atoms with van der Waals surface area (Å²) in [6, 6.07) is 56.0. The van der Waals surface area contributed by atoms with Gasteiger partial charge in [0.25, 0.3) is 0 Å². The van der Waals surface area contributed by atoms with Gasteiger partial charge >= 0.3 is 16.5 Å². The molecule has 5 heterocycles. The van der Waals surface area contributed by atoms with Crippen molar-refractivity contribution in [2.45, 2.75) is 0 Å². The van der Waals surface area contributed by atoms with Crippen LogP contribution in [0.2, 0.25) is 0 Å². The van der Waals surface area contributed by atoms with E-state index in [1.807, 2.05) is 121 Å². The first kappa shape index (κ1) is 33.6. The average Bonchev–Trinajstić information content (AvgIpc) is 4.07. The summed E-state index contributed by atoms with van der Waals surface area (Å²) in [5.41, 5.74) is 14.2. The predicted octanol–water partition coefficient (Wildman–Crippen LogP) is 11.7. The minimum Gasteiger partial charge on any atom is -0.657 e. The standard InChI is InChI=1S/C50H32N4O.Ni/c55-37-23-21-32(22-24-37)38-31-45-48(35-17-9-3-10-18-35)43-28-27-41(52-43)46(33-13-5-1-6-14-33)39-25-26-40(51-39)47(34-15-7-2-8-16-34)42-29-30-44(53-42)49(50(38)54-45)36-19-11-4-12-20-36;/h1-31H,(H-2,51,52,53,54,55);/q-2;+2/i31D;. The van der Waals surface area contributed by atoms with E-state index in [0.29, 0.717) is 28.0 Å². The molecule has 0 unspecified atom stereocenters. The Bertz CT molecular complexity index is 3010. The Morgan fingerprint density at radius 2 is 0.768 bits per heavy atom. The molecule has 0 aliphatic carbocycles. The quantitative estimate of drug-likeness (QED) is 0.177. The third-order valence-corrected chi connectivity index (χ3v) is 10.0. The molecule has 0 atom stereocenters. The first-order chi connectivity index (χ1) is 27.6. The average molecular weight is 765 g/mol. The van der Waals surface area contributed by atoms with Crippen molar-refractivity contribution in [1.29, 1.82) is 0 Å². The zero-order valence-corrected chi connectivity index (χ0v) is 30.9. The molecule has 2 aliphatic heterocycles. The van der Waals surface area contributed by atoms with Crippen molar-refractivity contribution in [2.75, 3.05) is 0 Å². The first-order valence-corrected chi connectivity index (χ1v) is 18.2. The van der Waals surface area contributed by atoms with Crippen molar-refractivity contribution >= 4 is 45.8 Å². The molecule has 56 heavy (non-hydrogen) atoms. The Balaban J connectivity index is 0.00000422. The number of benzene rings is 5. The van der Waals surface area contributed by atoms with Gasteiger partial charge in [-0.15, -0.1) is 22.1 Å². The van der Waals surface area contributed by atoms with Gasteiger partial charge in [0, 0.05) is 5.57 Å². The number of rotatable bonds is 5. The molecular formula is C50H32N4NiO. The molecule has 6 heteroatoms. The molecule has 8 aromatic rings. The van der Waals surface area contributed by atoms with Crippen molar-refractivity contribution in [1.82, 2.24) is 19.9 Å². The molecule has 0 amide bonds. The molecule has 1 N–H and O–H groups in total. The minimum absolute atomic E-state index is 0. The van der Waals surface area contributed by atoms with Crippen LogP contribution < -0.4 is 9.97 Å². The summed E-state index contributed by atoms with van der Waals surface area (Å²) < 4.78 is 9.98. The van der Waals surface area contributed by atoms with Gasteiger partial charge in [0.15, 0.2) is 0 Å². The molecule has 8 bridgehead atoms. The number of hydrogen-bond acceptors (Lipinski definition) is 3. The zero-order chi connectivity index (χ0) is 37.6. The second-order valence-corrected chi connectivity index (χ2v) is 13.5. The van der Waals surface area contributed by atoms with Gasteiger partial charge in [-0.25, -0.2) is 9.97 Å². The van der Waals surface area contributed by atoms with Gasteiger partial charge in [-0.2, -0.15) is 0 Å². The van der Waals surface area contributed by atoms with E-state index in [1.165, 1.54) is 0 Å². The van der Waals surface area contributed by atoms with Crippen LogP contribution in [0.5, 0.6) is 5.75 Å². The van der Waals surface area contributed by atoms with Gasteiger partial charge in [0.1, 0.15) is 5.75 Å². The van der Waals surface area contributed by atoms with Crippen LogP contribution in [0.4, 0.5) is 0 Å². The Morgan fingerprint density at radius 3 is 1.20 bits per heavy atom. The third-order valence-electron chi connectivity index (χ3n) is 10.0. The van der Waals surface area contributed by atoms with E-state index in [2.05, 4.69) is 48.6 Å². The fourth-order valence-corrected chi connectivity index (χ4v) is 7.52. The number of phenolic OH excluding ortho intramolecular Hbond substituents is 1. The van der Waals surface area contributed by atoms with E-state index in [9.17, 15) is 6.48 Å². The van der Waals surface area contributed by atoms with Gasteiger partial charge in [0.05, 0.1) is 24.1 Å². The largest absolute Gasteiger partial charge is 2.00 e. The maximum absolute atomic E-state index is 10.3. The van der Waals surface area contributed by atoms with Crippen LogP contribution in [0.1, 0.15) is 29.7 Å². The summed E-state index contributed by atoms with van der Waals surface area (Å²) in [6.45, 7) is 0. The van der Waals surface area contributed by atoms with E-state index < -0.39 is 0 Å². The van der Waals surface area contributed by atoms with Crippen molar-refractivity contribution in [3.63, 3.8) is 0 Å². The van der Waals surface area contributed by atoms with Crippen molar-refractivity contribution in [3.05, 3.63) is 198 Å². The molecule has 268 valence electrons. The molecule has 5 nitrogen and oxygen atoms in total. The maximum atomic E-state index is 10.3. The van der Waals surface area contributed by atoms with Crippen LogP contribution in [-0.4, -0.2) is 15.1 Å². The van der Waals surface area contributed by atoms with Crippen LogP contribution >= 0.6 is 0 Å². The smallest absolute Gasteiger partial charge is 0.657 e. The molecule has 0 saturated heterocycles. The van der Waals surface area contributed by atoms with Gasteiger partial charge in [-0.3, -0.25) is 0 Å². The molecule has 5 aromatic carbocycles. The molecule has 0 spiro atoms. The number of nitrogens with zero attached hydrogens (tertiary/aromatic N) is 4. The summed E-state index contributed by atoms with van der Waals surface area (Å²) in [6.07, 6.45) is 4.14. The van der Waals surface area contributed by atoms with Crippen molar-refractivity contribution < 1.29 is 23.0 Å². The fourth-order valence-electron chi connectivity index (χ4n) is 7.52. The number of fused-ring (bicyclic) bond motifs is 8. The minimum atomic E-state index is 0. The first-order valence-electron chi connectivity index (χ1n) is 18.7. The van der Waals surface area contributed by atoms with E-state index in [4.69, 9.17) is 19.9 Å². The molecule has 0 fully saturated rings. The maximum Gasteiger partial charge on any atom is 2.00 e. The molecular weight excluding hydrogens is 731 g/mol. The van der Waals surface area contributed by atoms with E-state index >= 15 is 0 Å². The SMILES string of the molecule is [2H]C1=C(c2ccc(O)cc2)c2nc1c(-c1ccccc1)c1ccc([n-]1)c(-c1ccccc1)c1nc(c(-c3ccccc3)c3ccc([n-]3)c2-c2ccccc2)C=C1.[Ni+2]. The molecule has 0 saturated carbocycles. The summed E-state index contributed by atoms with van der Waals surface area (Å²) in [7, 11) is 0. The summed E-state index contributed by atoms with van der Waals surface area (Å²) in [5.74, 6) is 0.144. The predicted molar refractivity (Wildman–Crippen MR) is 225 cm³/mol. The van der Waals surface area contributed by atoms with Crippen molar-refractivity contribution in [3.8, 4) is 50.3 Å². The molecule has 10 rings (SSSR count). The van der Waals surface area contributed by atoms with Crippen molar-refractivity contribution in [2.24, 2.45) is 0 Å². The monoisotopic (exact) mass is 763 g/mol. The van der Waals surface area contributed by atoms with Gasteiger partial charge in [-0.1, -0.05) is 158 Å². The number of hydrogen-bond donors (Lipinski definition) is 1. The van der Waals surface area contributed by atoms with Crippen LogP contribution in [0.15, 0.2) is 170 Å². The van der Waals surface area contributed by atoms with Gasteiger partial charge < -0.3 is 15.1 Å². The zero-order valence-electron chi connectivity index (χ0n) is 30.9. The summed E-state index contributed by atoms with van der Waals surface area (Å²) in [5, 5.41) is 10.3. The van der Waals surface area contributed by atoms with E-state index in [0.717, 1.165) is 72.5 Å². The van der Waals surface area contributed by atoms with Crippen LogP contribution in [0.25, 0.3) is 90.4 Å². The van der Waals surface area contributed by atoms with Crippen LogP contribution in [-0.2, 0) is 16.5 Å². The van der Waals surface area contributed by atoms with Gasteiger partial charge in [0.2, 0.25) is 0 Å².